The van der Waals surface area contributed by atoms with Crippen molar-refractivity contribution in [3.63, 3.8) is 0 Å². The minimum absolute atomic E-state index is 0.0415. The molecule has 0 aliphatic carbocycles. The average Bonchev–Trinajstić information content (AvgIpc) is 3.16. The van der Waals surface area contributed by atoms with Crippen LogP contribution in [0.15, 0.2) is 72.4 Å². The summed E-state index contributed by atoms with van der Waals surface area (Å²) in [5.41, 5.74) is -0.0180. The molecular weight excluding hydrogens is 499 g/mol. The molecule has 1 fully saturated rings. The smallest absolute Gasteiger partial charge is 0.329 e. The van der Waals surface area contributed by atoms with E-state index in [0.717, 1.165) is 23.8 Å². The first-order valence-corrected chi connectivity index (χ1v) is 11.2. The minimum Gasteiger partial charge on any atom is -0.493 e. The van der Waals surface area contributed by atoms with Crippen molar-refractivity contribution >= 4 is 35.3 Å². The Kier molecular flexibility index (Phi) is 7.61. The number of rotatable bonds is 9. The number of nitrogens with one attached hydrogen (secondary N) is 2. The van der Waals surface area contributed by atoms with E-state index in [4.69, 9.17) is 9.47 Å². The van der Waals surface area contributed by atoms with Crippen LogP contribution in [0, 0.1) is 15.9 Å². The van der Waals surface area contributed by atoms with E-state index in [2.05, 4.69) is 10.6 Å². The molecular formula is C26H21FN4O7. The van der Waals surface area contributed by atoms with Gasteiger partial charge in [0.1, 0.15) is 24.7 Å². The maximum Gasteiger partial charge on any atom is 0.329 e. The summed E-state index contributed by atoms with van der Waals surface area (Å²) < 4.78 is 24.8. The average molecular weight is 520 g/mol. The van der Waals surface area contributed by atoms with Crippen LogP contribution in [0.4, 0.5) is 20.6 Å². The van der Waals surface area contributed by atoms with Gasteiger partial charge in [-0.3, -0.25) is 19.7 Å². The van der Waals surface area contributed by atoms with Crippen molar-refractivity contribution in [1.82, 2.24) is 10.2 Å². The quantitative estimate of drug-likeness (QED) is 0.189. The minimum atomic E-state index is -0.914. The number of carbonyl (C=O) groups excluding carboxylic acids is 3. The first-order valence-electron chi connectivity index (χ1n) is 11.2. The van der Waals surface area contributed by atoms with Crippen LogP contribution in [0.2, 0.25) is 0 Å². The SMILES string of the molecule is COc1cc(/C=C2/NC(=O)N(CC(=O)Nc3ccccc3F)C2=O)c([N+](=O)[O-])cc1OCc1ccccc1. The van der Waals surface area contributed by atoms with Crippen LogP contribution in [0.3, 0.4) is 0 Å². The number of imide groups is 1. The maximum absolute atomic E-state index is 13.8. The Morgan fingerprint density at radius 3 is 2.50 bits per heavy atom. The Morgan fingerprint density at radius 2 is 1.82 bits per heavy atom. The summed E-state index contributed by atoms with van der Waals surface area (Å²) in [6.45, 7) is -0.568. The molecule has 1 heterocycles. The van der Waals surface area contributed by atoms with Gasteiger partial charge in [-0.25, -0.2) is 14.1 Å². The zero-order chi connectivity index (χ0) is 27.2. The number of nitrogens with zero attached hydrogens (tertiary/aromatic N) is 2. The molecule has 0 spiro atoms. The van der Waals surface area contributed by atoms with Crippen LogP contribution in [-0.4, -0.2) is 41.3 Å². The molecule has 1 aliphatic rings. The number of ether oxygens (including phenoxy) is 2. The highest BCUT2D eigenvalue weighted by molar-refractivity contribution is 6.16. The van der Waals surface area contributed by atoms with Crippen LogP contribution in [0.5, 0.6) is 11.5 Å². The first-order chi connectivity index (χ1) is 18.3. The van der Waals surface area contributed by atoms with Gasteiger partial charge in [-0.15, -0.1) is 0 Å². The highest BCUT2D eigenvalue weighted by atomic mass is 19.1. The van der Waals surface area contributed by atoms with E-state index in [1.807, 2.05) is 30.3 Å². The number of nitro benzene ring substituents is 1. The van der Waals surface area contributed by atoms with Gasteiger partial charge in [0.05, 0.1) is 29.4 Å². The Hall–Kier alpha value is -5.26. The highest BCUT2D eigenvalue weighted by Crippen LogP contribution is 2.36. The second kappa shape index (κ2) is 11.2. The zero-order valence-electron chi connectivity index (χ0n) is 20.0. The van der Waals surface area contributed by atoms with Crippen LogP contribution in [0.1, 0.15) is 11.1 Å². The number of carbonyl (C=O) groups is 3. The second-order valence-electron chi connectivity index (χ2n) is 8.00. The van der Waals surface area contributed by atoms with Crippen molar-refractivity contribution in [3.8, 4) is 11.5 Å². The Balaban J connectivity index is 1.55. The molecule has 0 saturated carbocycles. The summed E-state index contributed by atoms with van der Waals surface area (Å²) in [6, 6.07) is 16.1. The predicted molar refractivity (Wildman–Crippen MR) is 134 cm³/mol. The fraction of sp³-hybridized carbons (Fsp3) is 0.115. The molecule has 3 aromatic rings. The third-order valence-corrected chi connectivity index (χ3v) is 5.46. The van der Waals surface area contributed by atoms with Gasteiger partial charge in [0, 0.05) is 0 Å². The molecule has 4 amide bonds. The lowest BCUT2D eigenvalue weighted by Gasteiger charge is -2.12. The van der Waals surface area contributed by atoms with Crippen LogP contribution in [-0.2, 0) is 16.2 Å². The summed E-state index contributed by atoms with van der Waals surface area (Å²) in [5.74, 6) is -2.12. The normalized spacial score (nSPS) is 13.8. The lowest BCUT2D eigenvalue weighted by molar-refractivity contribution is -0.385. The third kappa shape index (κ3) is 5.75. The van der Waals surface area contributed by atoms with E-state index < -0.39 is 40.8 Å². The predicted octanol–water partition coefficient (Wildman–Crippen LogP) is 3.85. The van der Waals surface area contributed by atoms with Gasteiger partial charge in [-0.2, -0.15) is 0 Å². The summed E-state index contributed by atoms with van der Waals surface area (Å²) in [4.78, 5) is 49.2. The summed E-state index contributed by atoms with van der Waals surface area (Å²) in [6.07, 6.45) is 1.11. The molecule has 0 bridgehead atoms. The van der Waals surface area contributed by atoms with Crippen molar-refractivity contribution in [2.24, 2.45) is 0 Å². The Morgan fingerprint density at radius 1 is 1.11 bits per heavy atom. The number of hydrogen-bond acceptors (Lipinski definition) is 7. The van der Waals surface area contributed by atoms with Crippen LogP contribution < -0.4 is 20.1 Å². The standard InChI is InChI=1S/C26H21FN4O7/c1-37-22-12-17(21(31(35)36)13-23(22)38-15-16-7-3-2-4-8-16)11-20-25(33)30(26(34)29-20)14-24(32)28-19-10-6-5-9-18(19)27/h2-13H,14-15H2,1H3,(H,28,32)(H,29,34)/b20-11+. The molecule has 194 valence electrons. The first kappa shape index (κ1) is 25.8. The molecule has 12 heteroatoms. The number of urea groups is 1. The third-order valence-electron chi connectivity index (χ3n) is 5.46. The Bertz CT molecular complexity index is 1440. The molecule has 0 atom stereocenters. The van der Waals surface area contributed by atoms with Gasteiger partial charge < -0.3 is 20.1 Å². The van der Waals surface area contributed by atoms with Gasteiger partial charge in [-0.1, -0.05) is 42.5 Å². The van der Waals surface area contributed by atoms with Crippen LogP contribution in [0.25, 0.3) is 6.08 Å². The molecule has 1 aliphatic heterocycles. The number of amides is 4. The molecule has 0 aromatic heterocycles. The van der Waals surface area contributed by atoms with E-state index in [9.17, 15) is 28.9 Å². The molecule has 2 N–H and O–H groups in total. The number of para-hydroxylation sites is 1. The molecule has 3 aromatic carbocycles. The van der Waals surface area contributed by atoms with E-state index in [1.54, 1.807) is 0 Å². The lowest BCUT2D eigenvalue weighted by atomic mass is 10.1. The van der Waals surface area contributed by atoms with Crippen molar-refractivity contribution in [3.05, 3.63) is 99.5 Å². The van der Waals surface area contributed by atoms with E-state index in [1.165, 1.54) is 31.4 Å². The number of anilines is 1. The van der Waals surface area contributed by atoms with Crippen molar-refractivity contribution in [2.75, 3.05) is 19.0 Å². The van der Waals surface area contributed by atoms with E-state index in [0.29, 0.717) is 4.90 Å². The molecule has 0 unspecified atom stereocenters. The van der Waals surface area contributed by atoms with Gasteiger partial charge >= 0.3 is 6.03 Å². The number of nitro groups is 1. The number of methoxy groups -OCH3 is 1. The second-order valence-corrected chi connectivity index (χ2v) is 8.00. The fourth-order valence-electron chi connectivity index (χ4n) is 3.61. The fourth-order valence-corrected chi connectivity index (χ4v) is 3.61. The lowest BCUT2D eigenvalue weighted by Crippen LogP contribution is -2.38. The maximum atomic E-state index is 13.8. The van der Waals surface area contributed by atoms with Crippen LogP contribution >= 0.6 is 0 Å². The largest absolute Gasteiger partial charge is 0.493 e. The van der Waals surface area contributed by atoms with Gasteiger partial charge in [0.25, 0.3) is 11.6 Å². The highest BCUT2D eigenvalue weighted by Gasteiger charge is 2.35. The summed E-state index contributed by atoms with van der Waals surface area (Å²) in [5, 5.41) is 16.4. The monoisotopic (exact) mass is 520 g/mol. The summed E-state index contributed by atoms with van der Waals surface area (Å²) >= 11 is 0. The van der Waals surface area contributed by atoms with Crippen molar-refractivity contribution in [1.29, 1.82) is 0 Å². The number of halogens is 1. The number of hydrogen-bond donors (Lipinski definition) is 2. The van der Waals surface area contributed by atoms with E-state index >= 15 is 0 Å². The molecule has 38 heavy (non-hydrogen) atoms. The van der Waals surface area contributed by atoms with E-state index in [-0.39, 0.29) is 35.1 Å². The van der Waals surface area contributed by atoms with Crippen molar-refractivity contribution < 1.29 is 33.2 Å². The Labute approximate surface area is 215 Å². The van der Waals surface area contributed by atoms with Crippen molar-refractivity contribution in [2.45, 2.75) is 6.61 Å². The molecule has 0 radical (unpaired) electrons. The van der Waals surface area contributed by atoms with Gasteiger partial charge in [0.15, 0.2) is 11.5 Å². The van der Waals surface area contributed by atoms with Gasteiger partial charge in [0.2, 0.25) is 5.91 Å². The zero-order valence-corrected chi connectivity index (χ0v) is 20.0. The summed E-state index contributed by atoms with van der Waals surface area (Å²) in [7, 11) is 1.35. The molecule has 1 saturated heterocycles. The topological polar surface area (TPSA) is 140 Å². The molecule has 4 rings (SSSR count). The van der Waals surface area contributed by atoms with Gasteiger partial charge in [-0.05, 0) is 29.8 Å². The molecule has 11 nitrogen and oxygen atoms in total. The number of benzene rings is 3.